The predicted octanol–water partition coefficient (Wildman–Crippen LogP) is 6.71. The lowest BCUT2D eigenvalue weighted by Gasteiger charge is -2.03. The minimum absolute atomic E-state index is 1.04. The molecule has 0 aliphatic carbocycles. The number of hydrogen-bond donors (Lipinski definition) is 0. The standard InChI is InChI=1S/C23H19NS/c1-2-17-8-10-21(11-9-17)23-24-22(16-25-23)20-14-12-19(13-15-20)18-6-4-3-5-7-18/h3-16H,2H2,1H3. The fourth-order valence-electron chi connectivity index (χ4n) is 2.89. The van der Waals surface area contributed by atoms with Crippen molar-refractivity contribution in [3.05, 3.63) is 89.8 Å². The van der Waals surface area contributed by atoms with Gasteiger partial charge in [0.05, 0.1) is 5.69 Å². The van der Waals surface area contributed by atoms with Gasteiger partial charge in [0.2, 0.25) is 0 Å². The minimum atomic E-state index is 1.04. The summed E-state index contributed by atoms with van der Waals surface area (Å²) in [6.07, 6.45) is 1.07. The number of hydrogen-bond acceptors (Lipinski definition) is 2. The number of aromatic nitrogens is 1. The summed E-state index contributed by atoms with van der Waals surface area (Å²) in [6.45, 7) is 2.18. The molecule has 0 aliphatic rings. The van der Waals surface area contributed by atoms with Gasteiger partial charge in [-0.05, 0) is 23.1 Å². The molecule has 2 heteroatoms. The fraction of sp³-hybridized carbons (Fsp3) is 0.0870. The third-order valence-electron chi connectivity index (χ3n) is 4.40. The molecule has 0 atom stereocenters. The highest BCUT2D eigenvalue weighted by Crippen LogP contribution is 2.30. The second-order valence-electron chi connectivity index (χ2n) is 6.03. The molecule has 122 valence electrons. The van der Waals surface area contributed by atoms with E-state index < -0.39 is 0 Å². The summed E-state index contributed by atoms with van der Waals surface area (Å²) >= 11 is 1.70. The van der Waals surface area contributed by atoms with E-state index in [0.29, 0.717) is 0 Å². The van der Waals surface area contributed by atoms with Crippen LogP contribution in [0.5, 0.6) is 0 Å². The Morgan fingerprint density at radius 1 is 0.680 bits per heavy atom. The van der Waals surface area contributed by atoms with Gasteiger partial charge in [-0.1, -0.05) is 85.8 Å². The Morgan fingerprint density at radius 2 is 1.28 bits per heavy atom. The first kappa shape index (κ1) is 15.8. The molecule has 1 nitrogen and oxygen atoms in total. The molecule has 0 aliphatic heterocycles. The van der Waals surface area contributed by atoms with E-state index in [9.17, 15) is 0 Å². The van der Waals surface area contributed by atoms with Gasteiger partial charge in [0.1, 0.15) is 5.01 Å². The molecule has 3 aromatic carbocycles. The molecule has 4 aromatic rings. The fourth-order valence-corrected chi connectivity index (χ4v) is 3.72. The van der Waals surface area contributed by atoms with Crippen LogP contribution < -0.4 is 0 Å². The maximum Gasteiger partial charge on any atom is 0.124 e. The SMILES string of the molecule is CCc1ccc(-c2nc(-c3ccc(-c4ccccc4)cc3)cs2)cc1. The average molecular weight is 341 g/mol. The quantitative estimate of drug-likeness (QED) is 0.402. The second-order valence-corrected chi connectivity index (χ2v) is 6.89. The van der Waals surface area contributed by atoms with Gasteiger partial charge < -0.3 is 0 Å². The third kappa shape index (κ3) is 3.40. The van der Waals surface area contributed by atoms with Crippen molar-refractivity contribution >= 4 is 11.3 Å². The van der Waals surface area contributed by atoms with Crippen LogP contribution in [0.25, 0.3) is 33.0 Å². The first-order valence-electron chi connectivity index (χ1n) is 8.54. The van der Waals surface area contributed by atoms with Crippen LogP contribution in [-0.2, 0) is 6.42 Å². The number of aryl methyl sites for hydroxylation is 1. The molecule has 0 bridgehead atoms. The Hall–Kier alpha value is -2.71. The normalized spacial score (nSPS) is 10.8. The lowest BCUT2D eigenvalue weighted by Crippen LogP contribution is -1.82. The van der Waals surface area contributed by atoms with E-state index in [2.05, 4.69) is 85.1 Å². The van der Waals surface area contributed by atoms with E-state index in [1.165, 1.54) is 22.3 Å². The van der Waals surface area contributed by atoms with Gasteiger partial charge in [0, 0.05) is 16.5 Å². The maximum atomic E-state index is 4.83. The van der Waals surface area contributed by atoms with Crippen LogP contribution in [0.15, 0.2) is 84.2 Å². The van der Waals surface area contributed by atoms with Crippen molar-refractivity contribution in [2.75, 3.05) is 0 Å². The Labute approximate surface area is 152 Å². The van der Waals surface area contributed by atoms with Gasteiger partial charge in [-0.2, -0.15) is 0 Å². The average Bonchev–Trinajstić information content (AvgIpc) is 3.19. The zero-order chi connectivity index (χ0) is 17.1. The molecule has 0 spiro atoms. The first-order chi connectivity index (χ1) is 12.3. The third-order valence-corrected chi connectivity index (χ3v) is 5.29. The number of thiazole rings is 1. The first-order valence-corrected chi connectivity index (χ1v) is 9.42. The summed E-state index contributed by atoms with van der Waals surface area (Å²) in [5, 5.41) is 3.21. The van der Waals surface area contributed by atoms with Gasteiger partial charge in [0.15, 0.2) is 0 Å². The molecule has 4 rings (SSSR count). The van der Waals surface area contributed by atoms with Gasteiger partial charge in [-0.25, -0.2) is 4.98 Å². The maximum absolute atomic E-state index is 4.83. The van der Waals surface area contributed by atoms with Gasteiger partial charge in [-0.3, -0.25) is 0 Å². The number of benzene rings is 3. The summed E-state index contributed by atoms with van der Waals surface area (Å²) in [6, 6.07) is 27.8. The molecule has 0 saturated carbocycles. The molecule has 0 radical (unpaired) electrons. The highest BCUT2D eigenvalue weighted by molar-refractivity contribution is 7.13. The molecular formula is C23H19NS. The molecule has 0 N–H and O–H groups in total. The Kier molecular flexibility index (Phi) is 4.45. The molecule has 1 heterocycles. The molecule has 25 heavy (non-hydrogen) atoms. The van der Waals surface area contributed by atoms with Crippen LogP contribution >= 0.6 is 11.3 Å². The van der Waals surface area contributed by atoms with Crippen LogP contribution in [0, 0.1) is 0 Å². The van der Waals surface area contributed by atoms with Crippen molar-refractivity contribution in [1.82, 2.24) is 4.98 Å². The van der Waals surface area contributed by atoms with Gasteiger partial charge in [-0.15, -0.1) is 11.3 Å². The van der Waals surface area contributed by atoms with Crippen LogP contribution in [0.4, 0.5) is 0 Å². The molecule has 0 amide bonds. The van der Waals surface area contributed by atoms with Crippen LogP contribution in [0.2, 0.25) is 0 Å². The summed E-state index contributed by atoms with van der Waals surface area (Å²) < 4.78 is 0. The lowest BCUT2D eigenvalue weighted by molar-refractivity contribution is 1.14. The largest absolute Gasteiger partial charge is 0.236 e. The molecule has 1 aromatic heterocycles. The monoisotopic (exact) mass is 341 g/mol. The van der Waals surface area contributed by atoms with Crippen molar-refractivity contribution in [1.29, 1.82) is 0 Å². The van der Waals surface area contributed by atoms with E-state index in [4.69, 9.17) is 4.98 Å². The highest BCUT2D eigenvalue weighted by Gasteiger charge is 2.07. The minimum Gasteiger partial charge on any atom is -0.236 e. The van der Waals surface area contributed by atoms with E-state index >= 15 is 0 Å². The summed E-state index contributed by atoms with van der Waals surface area (Å²) in [7, 11) is 0. The Morgan fingerprint density at radius 3 is 1.96 bits per heavy atom. The van der Waals surface area contributed by atoms with Crippen molar-refractivity contribution in [3.8, 4) is 33.0 Å². The topological polar surface area (TPSA) is 12.9 Å². The Balaban J connectivity index is 1.59. The number of nitrogens with zero attached hydrogens (tertiary/aromatic N) is 1. The molecular weight excluding hydrogens is 322 g/mol. The smallest absolute Gasteiger partial charge is 0.124 e. The van der Waals surface area contributed by atoms with E-state index in [-0.39, 0.29) is 0 Å². The molecule has 0 fully saturated rings. The zero-order valence-corrected chi connectivity index (χ0v) is 15.0. The summed E-state index contributed by atoms with van der Waals surface area (Å²) in [5.41, 5.74) is 7.22. The predicted molar refractivity (Wildman–Crippen MR) is 108 cm³/mol. The molecule has 0 saturated heterocycles. The van der Waals surface area contributed by atoms with Crippen LogP contribution in [-0.4, -0.2) is 4.98 Å². The number of rotatable bonds is 4. The van der Waals surface area contributed by atoms with Crippen molar-refractivity contribution in [2.45, 2.75) is 13.3 Å². The second kappa shape index (κ2) is 7.04. The van der Waals surface area contributed by atoms with Crippen molar-refractivity contribution in [2.24, 2.45) is 0 Å². The molecule has 0 unspecified atom stereocenters. The van der Waals surface area contributed by atoms with Gasteiger partial charge >= 0.3 is 0 Å². The van der Waals surface area contributed by atoms with E-state index in [1.807, 2.05) is 6.07 Å². The summed E-state index contributed by atoms with van der Waals surface area (Å²) in [5.74, 6) is 0. The van der Waals surface area contributed by atoms with Crippen LogP contribution in [0.1, 0.15) is 12.5 Å². The highest BCUT2D eigenvalue weighted by atomic mass is 32.1. The van der Waals surface area contributed by atoms with Gasteiger partial charge in [0.25, 0.3) is 0 Å². The lowest BCUT2D eigenvalue weighted by atomic mass is 10.0. The van der Waals surface area contributed by atoms with Crippen LogP contribution in [0.3, 0.4) is 0 Å². The van der Waals surface area contributed by atoms with E-state index in [1.54, 1.807) is 11.3 Å². The van der Waals surface area contributed by atoms with Crippen molar-refractivity contribution < 1.29 is 0 Å². The van der Waals surface area contributed by atoms with Crippen molar-refractivity contribution in [3.63, 3.8) is 0 Å². The Bertz CT molecular complexity index is 951. The zero-order valence-electron chi connectivity index (χ0n) is 14.1. The summed E-state index contributed by atoms with van der Waals surface area (Å²) in [4.78, 5) is 4.83. The van der Waals surface area contributed by atoms with E-state index in [0.717, 1.165) is 22.7 Å².